The minimum absolute atomic E-state index is 0.131. The number of halogens is 1. The molecule has 7 atom stereocenters. The van der Waals surface area contributed by atoms with Gasteiger partial charge in [-0.2, -0.15) is 0 Å². The maximum absolute atomic E-state index is 14.0. The van der Waals surface area contributed by atoms with Crippen LogP contribution < -0.4 is 14.4 Å². The summed E-state index contributed by atoms with van der Waals surface area (Å²) in [6.45, 7) is 7.76. The van der Waals surface area contributed by atoms with Crippen molar-refractivity contribution in [3.63, 3.8) is 0 Å². The lowest BCUT2D eigenvalue weighted by molar-refractivity contribution is -0.242. The average Bonchev–Trinajstić information content (AvgIpc) is 3.97. The fourth-order valence-corrected chi connectivity index (χ4v) is 11.5. The second-order valence-electron chi connectivity index (χ2n) is 16.8. The molecule has 8 nitrogen and oxygen atoms in total. The number of likely N-dealkylation sites (N-methyl/N-ethyl adjacent to an activating group) is 1. The molecule has 2 aromatic carbocycles. The van der Waals surface area contributed by atoms with Crippen molar-refractivity contribution in [3.05, 3.63) is 58.1 Å². The number of fused-ring (bicyclic) bond motifs is 4. The second-order valence-corrected chi connectivity index (χ2v) is 19.6. The Morgan fingerprint density at radius 2 is 1.78 bits per heavy atom. The fraction of sp³-hybridized carbons (Fsp3) is 0.659. The first kappa shape index (κ1) is 35.7. The Balaban J connectivity index is 1.14. The number of ether oxygens (including phenoxy) is 3. The molecule has 3 heterocycles. The van der Waals surface area contributed by atoms with Crippen molar-refractivity contribution in [1.82, 2.24) is 9.62 Å². The molecule has 51 heavy (non-hydrogen) atoms. The zero-order chi connectivity index (χ0) is 35.5. The number of anilines is 1. The minimum atomic E-state index is -2.90. The molecule has 1 spiro atoms. The Hall–Kier alpha value is -2.30. The highest BCUT2D eigenvalue weighted by molar-refractivity contribution is 7.99. The predicted octanol–water partition coefficient (Wildman–Crippen LogP) is 6.86. The first-order valence-electron chi connectivity index (χ1n) is 19.5. The summed E-state index contributed by atoms with van der Waals surface area (Å²) in [6, 6.07) is 13.0. The minimum Gasteiger partial charge on any atom is -0.490 e. The molecule has 278 valence electrons. The number of hydrogen-bond donors (Lipinski definition) is 1. The van der Waals surface area contributed by atoms with Crippen LogP contribution in [-0.2, 0) is 31.0 Å². The van der Waals surface area contributed by atoms with E-state index in [1.54, 1.807) is 6.07 Å². The van der Waals surface area contributed by atoms with Crippen LogP contribution in [-0.4, -0.2) is 84.5 Å². The highest BCUT2D eigenvalue weighted by Gasteiger charge is 2.47. The summed E-state index contributed by atoms with van der Waals surface area (Å²) >= 11 is 6.51. The maximum Gasteiger partial charge on any atom is 0.262 e. The smallest absolute Gasteiger partial charge is 0.262 e. The number of nitrogens with zero attached hydrogens (tertiary/aromatic N) is 2. The van der Waals surface area contributed by atoms with Crippen molar-refractivity contribution in [1.29, 1.82) is 0 Å². The summed E-state index contributed by atoms with van der Waals surface area (Å²) in [5, 5.41) is 0.501. The number of benzene rings is 2. The Kier molecular flexibility index (Phi) is 9.92. The Labute approximate surface area is 310 Å². The molecule has 0 aromatic heterocycles. The van der Waals surface area contributed by atoms with E-state index in [4.69, 9.17) is 25.8 Å². The van der Waals surface area contributed by atoms with Gasteiger partial charge in [0, 0.05) is 46.3 Å². The third-order valence-electron chi connectivity index (χ3n) is 13.6. The summed E-state index contributed by atoms with van der Waals surface area (Å²) in [5.41, 5.74) is 3.85. The number of aryl methyl sites for hydroxylation is 1. The molecule has 1 unspecified atom stereocenters. The van der Waals surface area contributed by atoms with Crippen LogP contribution in [0.4, 0.5) is 5.69 Å². The van der Waals surface area contributed by atoms with Crippen molar-refractivity contribution in [3.8, 4) is 5.75 Å². The van der Waals surface area contributed by atoms with Crippen molar-refractivity contribution >= 4 is 38.8 Å². The van der Waals surface area contributed by atoms with Crippen LogP contribution >= 0.6 is 11.6 Å². The highest BCUT2D eigenvalue weighted by Crippen LogP contribution is 2.49. The number of rotatable bonds is 3. The average molecular weight is 738 g/mol. The third-order valence-corrected chi connectivity index (χ3v) is 16.0. The lowest BCUT2D eigenvalue weighted by atomic mass is 9.64. The van der Waals surface area contributed by atoms with E-state index in [2.05, 4.69) is 46.5 Å². The van der Waals surface area contributed by atoms with Crippen LogP contribution in [0.25, 0.3) is 0 Å². The summed E-state index contributed by atoms with van der Waals surface area (Å²) in [5.74, 6) is 5.88. The number of nitrogens with one attached hydrogen (secondary N) is 1. The summed E-state index contributed by atoms with van der Waals surface area (Å²) in [6.07, 6.45) is 10.7. The van der Waals surface area contributed by atoms with E-state index in [1.807, 2.05) is 25.1 Å². The summed E-state index contributed by atoms with van der Waals surface area (Å²) in [7, 11) is -0.687. The first-order valence-corrected chi connectivity index (χ1v) is 21.6. The van der Waals surface area contributed by atoms with Crippen LogP contribution in [0, 0.1) is 23.7 Å². The summed E-state index contributed by atoms with van der Waals surface area (Å²) in [4.78, 5) is 18.7. The number of amides is 1. The van der Waals surface area contributed by atoms with Crippen molar-refractivity contribution in [2.24, 2.45) is 23.7 Å². The van der Waals surface area contributed by atoms with Crippen LogP contribution in [0.3, 0.4) is 0 Å². The molecule has 3 aliphatic heterocycles. The molecule has 2 bridgehead atoms. The van der Waals surface area contributed by atoms with Crippen LogP contribution in [0.1, 0.15) is 93.1 Å². The van der Waals surface area contributed by atoms with E-state index in [-0.39, 0.29) is 34.7 Å². The van der Waals surface area contributed by atoms with Gasteiger partial charge in [-0.25, -0.2) is 4.21 Å². The Morgan fingerprint density at radius 3 is 2.53 bits per heavy atom. The van der Waals surface area contributed by atoms with Gasteiger partial charge < -0.3 is 19.1 Å². The topological polar surface area (TPSA) is 80.3 Å². The molecule has 10 heteroatoms. The third kappa shape index (κ3) is 7.07. The molecule has 3 fully saturated rings. The largest absolute Gasteiger partial charge is 0.490 e. The van der Waals surface area contributed by atoms with Gasteiger partial charge in [-0.1, -0.05) is 31.0 Å². The van der Waals surface area contributed by atoms with Crippen LogP contribution in [0.15, 0.2) is 36.4 Å². The van der Waals surface area contributed by atoms with E-state index in [1.165, 1.54) is 24.0 Å². The van der Waals surface area contributed by atoms with Crippen LogP contribution in [0.2, 0.25) is 5.02 Å². The standard InChI is InChI=1S/C41H56ClN3O5S/c1-26-7-5-9-35(40-48-22-33(23-49-40)44(3)32-13-14-32)34-15-10-30(34)21-45-24-41(18-6-8-28-19-31(42)12-16-36(28)41)25-50-38-17-11-29(20-37(38)45)39(46)43-51(4,47)27(26)2/h11-12,16-17,19-20,26-27,30,32-35,40H,4-10,13-15,18,21-25H2,1-3H3,(H,43,46,47)/t26-,27+,30-,33?,34+,35+,40?,41-,51?/m0/s1. The van der Waals surface area contributed by atoms with Gasteiger partial charge in [0.25, 0.3) is 5.91 Å². The van der Waals surface area contributed by atoms with Gasteiger partial charge >= 0.3 is 0 Å². The molecular formula is C41H56ClN3O5S. The Morgan fingerprint density at radius 1 is 0.980 bits per heavy atom. The molecule has 3 aliphatic carbocycles. The second kappa shape index (κ2) is 14.2. The first-order chi connectivity index (χ1) is 24.5. The molecule has 1 amide bonds. The quantitative estimate of drug-likeness (QED) is 0.345. The van der Waals surface area contributed by atoms with Gasteiger partial charge in [0.15, 0.2) is 6.29 Å². The van der Waals surface area contributed by atoms with E-state index in [0.717, 1.165) is 80.9 Å². The molecule has 1 saturated heterocycles. The number of carbonyl (C=O) groups is 1. The van der Waals surface area contributed by atoms with Gasteiger partial charge in [0.05, 0.1) is 41.3 Å². The lowest BCUT2D eigenvalue weighted by Gasteiger charge is -2.49. The normalized spacial score (nSPS) is 37.4. The van der Waals surface area contributed by atoms with E-state index in [9.17, 15) is 9.00 Å². The van der Waals surface area contributed by atoms with Gasteiger partial charge in [-0.05, 0) is 137 Å². The lowest BCUT2D eigenvalue weighted by Crippen LogP contribution is -2.52. The molecular weight excluding hydrogens is 682 g/mol. The Bertz CT molecular complexity index is 1730. The fourth-order valence-electron chi connectivity index (χ4n) is 9.84. The SMILES string of the molecule is C=S1(=O)NC(=O)c2ccc3c(c2)N(C[C@@H]2CC[C@H]2[C@H](C2OCC(N(C)C4CC4)CO2)CCC[C@H](C)[C@H]1C)C[C@@]1(CCCc2cc(Cl)ccc21)CO3. The van der Waals surface area contributed by atoms with Gasteiger partial charge in [0.2, 0.25) is 0 Å². The van der Waals surface area contributed by atoms with Crippen molar-refractivity contribution < 1.29 is 23.2 Å². The molecule has 1 N–H and O–H groups in total. The van der Waals surface area contributed by atoms with Gasteiger partial charge in [-0.15, -0.1) is 0 Å². The molecule has 2 saturated carbocycles. The van der Waals surface area contributed by atoms with E-state index in [0.29, 0.717) is 49.3 Å². The molecule has 8 rings (SSSR count). The number of carbonyl (C=O) groups excluding carboxylic acids is 1. The highest BCUT2D eigenvalue weighted by atomic mass is 35.5. The number of hydrogen-bond acceptors (Lipinski definition) is 7. The molecule has 6 aliphatic rings. The van der Waals surface area contributed by atoms with E-state index < -0.39 is 9.71 Å². The van der Waals surface area contributed by atoms with Crippen molar-refractivity contribution in [2.75, 3.05) is 44.9 Å². The van der Waals surface area contributed by atoms with Gasteiger partial charge in [-0.3, -0.25) is 14.4 Å². The zero-order valence-electron chi connectivity index (χ0n) is 30.6. The molecule has 0 radical (unpaired) electrons. The predicted molar refractivity (Wildman–Crippen MR) is 205 cm³/mol. The maximum atomic E-state index is 14.0. The zero-order valence-corrected chi connectivity index (χ0v) is 32.2. The van der Waals surface area contributed by atoms with Crippen LogP contribution in [0.5, 0.6) is 5.75 Å². The monoisotopic (exact) mass is 737 g/mol. The van der Waals surface area contributed by atoms with Crippen molar-refractivity contribution in [2.45, 2.75) is 107 Å². The van der Waals surface area contributed by atoms with Gasteiger partial charge in [0.1, 0.15) is 5.75 Å². The molecule has 2 aromatic rings. The van der Waals surface area contributed by atoms with E-state index >= 15 is 0 Å². The summed E-state index contributed by atoms with van der Waals surface area (Å²) < 4.78 is 36.9.